The van der Waals surface area contributed by atoms with E-state index in [1.165, 1.54) is 147 Å². The first-order valence-corrected chi connectivity index (χ1v) is 28.2. The van der Waals surface area contributed by atoms with E-state index in [-0.39, 0.29) is 44.6 Å². The van der Waals surface area contributed by atoms with E-state index < -0.39 is 0 Å². The molecule has 2 aliphatic heterocycles. The molecular formula is C67H75BN2OS. The lowest BCUT2D eigenvalue weighted by atomic mass is 9.35. The highest BCUT2D eigenvalue weighted by atomic mass is 32.1. The van der Waals surface area contributed by atoms with Crippen LogP contribution in [0.15, 0.2) is 95.4 Å². The second-order valence-corrected chi connectivity index (χ2v) is 29.3. The van der Waals surface area contributed by atoms with Crippen LogP contribution in [0.25, 0.3) is 32.0 Å². The lowest BCUT2D eigenvalue weighted by molar-refractivity contribution is 0.332. The number of aryl methyl sites for hydroxylation is 1. The molecule has 368 valence electrons. The third-order valence-electron chi connectivity index (χ3n) is 19.4. The van der Waals surface area contributed by atoms with Crippen LogP contribution in [0.3, 0.4) is 0 Å². The molecular weight excluding hydrogens is 892 g/mol. The number of para-hydroxylation sites is 1. The topological polar surface area (TPSA) is 19.6 Å². The molecule has 0 saturated heterocycles. The third kappa shape index (κ3) is 6.40. The maximum atomic E-state index is 7.04. The van der Waals surface area contributed by atoms with Gasteiger partial charge in [-0.05, 0) is 188 Å². The van der Waals surface area contributed by atoms with Crippen LogP contribution in [0.5, 0.6) is 0 Å². The number of hydrogen-bond donors (Lipinski definition) is 0. The zero-order chi connectivity index (χ0) is 50.8. The van der Waals surface area contributed by atoms with E-state index in [2.05, 4.69) is 223 Å². The standard InChI is InChI=1S/C67H75BN2OS/c1-38-31-52-57-53(32-38)70(50-24-23-43(61(2,3)4)59-56(50)40-19-17-18-20-54(40)71-59)51-36-47-46(65(11,12)28-29-66(47,13)14)35-49(51)68(57)60-58(41-34-45-48(37-55(41)72-60)67(15,16)30-27-64(45,9)10)69(52)39-21-22-42-44(33-39)63(7,8)26-25-62(42,5)6/h17-24,31-37H,25-30H2,1-16H3. The molecule has 5 heteroatoms. The highest BCUT2D eigenvalue weighted by molar-refractivity contribution is 7.33. The van der Waals surface area contributed by atoms with E-state index in [1.54, 1.807) is 0 Å². The van der Waals surface area contributed by atoms with Gasteiger partial charge in [0.15, 0.2) is 0 Å². The van der Waals surface area contributed by atoms with Crippen molar-refractivity contribution in [2.75, 3.05) is 9.80 Å². The summed E-state index contributed by atoms with van der Waals surface area (Å²) >= 11 is 2.08. The Labute approximate surface area is 434 Å². The summed E-state index contributed by atoms with van der Waals surface area (Å²) in [7, 11) is 0. The molecule has 4 heterocycles. The van der Waals surface area contributed by atoms with Gasteiger partial charge in [-0.15, -0.1) is 11.3 Å². The Bertz CT molecular complexity index is 3670. The van der Waals surface area contributed by atoms with Gasteiger partial charge < -0.3 is 14.2 Å². The first-order valence-electron chi connectivity index (χ1n) is 27.3. The Balaban J connectivity index is 1.19. The van der Waals surface area contributed by atoms with Crippen LogP contribution < -0.4 is 25.5 Å². The van der Waals surface area contributed by atoms with Crippen molar-refractivity contribution >= 4 is 99.9 Å². The summed E-state index contributed by atoms with van der Waals surface area (Å²) < 4.78 is 9.92. The van der Waals surface area contributed by atoms with E-state index in [0.717, 1.165) is 17.6 Å². The Morgan fingerprint density at radius 2 is 1.06 bits per heavy atom. The minimum atomic E-state index is -0.118. The summed E-state index contributed by atoms with van der Waals surface area (Å²) in [4.78, 5) is 5.45. The van der Waals surface area contributed by atoms with Crippen LogP contribution >= 0.6 is 11.3 Å². The zero-order valence-electron chi connectivity index (χ0n) is 46.2. The van der Waals surface area contributed by atoms with Gasteiger partial charge in [0.1, 0.15) is 11.2 Å². The fourth-order valence-electron chi connectivity index (χ4n) is 14.6. The summed E-state index contributed by atoms with van der Waals surface area (Å²) in [6, 6.07) is 36.9. The summed E-state index contributed by atoms with van der Waals surface area (Å²) in [6.45, 7) is 39.2. The molecule has 0 saturated carbocycles. The van der Waals surface area contributed by atoms with E-state index >= 15 is 0 Å². The fraction of sp³-hybridized carbons (Fsp3) is 0.433. The van der Waals surface area contributed by atoms with E-state index in [4.69, 9.17) is 4.42 Å². The number of benzene rings is 6. The molecule has 5 aliphatic rings. The van der Waals surface area contributed by atoms with Crippen molar-refractivity contribution in [1.82, 2.24) is 0 Å². The minimum Gasteiger partial charge on any atom is -0.456 e. The molecule has 2 aromatic heterocycles. The summed E-state index contributed by atoms with van der Waals surface area (Å²) in [6.07, 6.45) is 7.09. The summed E-state index contributed by atoms with van der Waals surface area (Å²) in [5, 5.41) is 3.76. The van der Waals surface area contributed by atoms with Crippen molar-refractivity contribution in [3.8, 4) is 0 Å². The van der Waals surface area contributed by atoms with Crippen LogP contribution in [0.2, 0.25) is 0 Å². The molecule has 0 amide bonds. The molecule has 72 heavy (non-hydrogen) atoms. The van der Waals surface area contributed by atoms with E-state index in [1.807, 2.05) is 0 Å². The van der Waals surface area contributed by atoms with Gasteiger partial charge in [0.05, 0.1) is 16.8 Å². The fourth-order valence-corrected chi connectivity index (χ4v) is 15.9. The number of hydrogen-bond acceptors (Lipinski definition) is 4. The predicted molar refractivity (Wildman–Crippen MR) is 312 cm³/mol. The van der Waals surface area contributed by atoms with Crippen molar-refractivity contribution in [3.63, 3.8) is 0 Å². The molecule has 0 N–H and O–H groups in total. The molecule has 13 rings (SSSR count). The third-order valence-corrected chi connectivity index (χ3v) is 20.6. The average Bonchev–Trinajstić information content (AvgIpc) is 3.88. The molecule has 0 spiro atoms. The van der Waals surface area contributed by atoms with E-state index in [9.17, 15) is 0 Å². The van der Waals surface area contributed by atoms with Crippen LogP contribution in [-0.4, -0.2) is 6.71 Å². The molecule has 6 aromatic carbocycles. The van der Waals surface area contributed by atoms with Crippen LogP contribution in [0.4, 0.5) is 34.1 Å². The predicted octanol–water partition coefficient (Wildman–Crippen LogP) is 17.5. The Hall–Kier alpha value is -5.26. The first-order chi connectivity index (χ1) is 33.7. The van der Waals surface area contributed by atoms with Gasteiger partial charge in [0, 0.05) is 48.6 Å². The van der Waals surface area contributed by atoms with Crippen molar-refractivity contribution in [2.45, 2.75) is 187 Å². The van der Waals surface area contributed by atoms with Crippen molar-refractivity contribution in [3.05, 3.63) is 136 Å². The Kier molecular flexibility index (Phi) is 9.39. The summed E-state index contributed by atoms with van der Waals surface area (Å²) in [5.74, 6) is 0. The number of rotatable bonds is 2. The van der Waals surface area contributed by atoms with Gasteiger partial charge in [-0.3, -0.25) is 0 Å². The second kappa shape index (κ2) is 14.5. The number of fused-ring (bicyclic) bond motifs is 12. The quantitative estimate of drug-likeness (QED) is 0.161. The molecule has 0 unspecified atom stereocenters. The number of nitrogens with zero attached hydrogens (tertiary/aromatic N) is 2. The largest absolute Gasteiger partial charge is 0.456 e. The van der Waals surface area contributed by atoms with Gasteiger partial charge >= 0.3 is 0 Å². The molecule has 0 atom stereocenters. The smallest absolute Gasteiger partial charge is 0.264 e. The zero-order valence-corrected chi connectivity index (χ0v) is 47.0. The van der Waals surface area contributed by atoms with Crippen LogP contribution in [0.1, 0.15) is 187 Å². The highest BCUT2D eigenvalue weighted by Gasteiger charge is 2.50. The molecule has 3 nitrogen and oxygen atoms in total. The molecule has 8 aromatic rings. The lowest BCUT2D eigenvalue weighted by Crippen LogP contribution is -2.61. The highest BCUT2D eigenvalue weighted by Crippen LogP contribution is 2.57. The minimum absolute atomic E-state index is 0.0248. The van der Waals surface area contributed by atoms with Gasteiger partial charge in [0.2, 0.25) is 0 Å². The monoisotopic (exact) mass is 967 g/mol. The number of thiophene rings is 1. The van der Waals surface area contributed by atoms with Gasteiger partial charge in [-0.1, -0.05) is 140 Å². The normalized spacial score (nSPS) is 20.5. The van der Waals surface area contributed by atoms with Gasteiger partial charge in [0.25, 0.3) is 6.71 Å². The maximum Gasteiger partial charge on any atom is 0.264 e. The van der Waals surface area contributed by atoms with Crippen LogP contribution in [0, 0.1) is 6.92 Å². The Morgan fingerprint density at radius 3 is 1.68 bits per heavy atom. The summed E-state index contributed by atoms with van der Waals surface area (Å²) in [5.41, 5.74) is 24.4. The van der Waals surface area contributed by atoms with Crippen molar-refractivity contribution in [1.29, 1.82) is 0 Å². The second-order valence-electron chi connectivity index (χ2n) is 28.2. The van der Waals surface area contributed by atoms with Crippen LogP contribution in [-0.2, 0) is 37.9 Å². The van der Waals surface area contributed by atoms with E-state index in [0.29, 0.717) is 0 Å². The average molecular weight is 967 g/mol. The molecule has 3 aliphatic carbocycles. The van der Waals surface area contributed by atoms with Crippen molar-refractivity contribution in [2.24, 2.45) is 0 Å². The molecule has 0 fully saturated rings. The molecule has 0 bridgehead atoms. The van der Waals surface area contributed by atoms with Crippen molar-refractivity contribution < 1.29 is 4.42 Å². The number of anilines is 6. The maximum absolute atomic E-state index is 7.04. The number of furan rings is 1. The molecule has 0 radical (unpaired) electrons. The van der Waals surface area contributed by atoms with Gasteiger partial charge in [-0.2, -0.15) is 0 Å². The lowest BCUT2D eigenvalue weighted by Gasteiger charge is -2.47. The first kappa shape index (κ1) is 46.5. The Morgan fingerprint density at radius 1 is 0.514 bits per heavy atom. The SMILES string of the molecule is Cc1cc2c3c(c1)N(c1ccc(C(C)(C)C)c4oc5ccccc5c14)c1cc4c(cc1B3c1sc3cc5c(cc3c1N2c1ccc2c(c1)C(C)(C)CCC2(C)C)C(C)(C)CCC5(C)C)C(C)(C)CCC4(C)C. The van der Waals surface area contributed by atoms with Gasteiger partial charge in [-0.25, -0.2) is 0 Å².